The zero-order valence-corrected chi connectivity index (χ0v) is 13.6. The second-order valence-electron chi connectivity index (χ2n) is 4.71. The molecule has 0 aromatic heterocycles. The van der Waals surface area contributed by atoms with Gasteiger partial charge in [0.1, 0.15) is 0 Å². The van der Waals surface area contributed by atoms with E-state index in [1.165, 1.54) is 4.31 Å². The molecule has 0 unspecified atom stereocenters. The first-order valence-corrected chi connectivity index (χ1v) is 8.22. The van der Waals surface area contributed by atoms with Crippen LogP contribution in [-0.2, 0) is 19.5 Å². The normalized spacial score (nSPS) is 12.0. The number of methoxy groups -OCH3 is 2. The highest BCUT2D eigenvalue weighted by Gasteiger charge is 2.26. The van der Waals surface area contributed by atoms with Gasteiger partial charge in [-0.15, -0.1) is 0 Å². The first-order valence-electron chi connectivity index (χ1n) is 6.78. The molecule has 21 heavy (non-hydrogen) atoms. The van der Waals surface area contributed by atoms with E-state index in [0.717, 1.165) is 0 Å². The Balaban J connectivity index is 3.04. The minimum Gasteiger partial charge on any atom is -0.398 e. The van der Waals surface area contributed by atoms with Crippen molar-refractivity contribution in [2.24, 2.45) is 0 Å². The second-order valence-corrected chi connectivity index (χ2v) is 6.62. The Hall–Kier alpha value is -1.15. The van der Waals surface area contributed by atoms with Crippen LogP contribution in [0.15, 0.2) is 23.1 Å². The van der Waals surface area contributed by atoms with Crippen LogP contribution >= 0.6 is 0 Å². The third-order valence-electron chi connectivity index (χ3n) is 3.24. The number of benzene rings is 1. The van der Waals surface area contributed by atoms with E-state index in [0.29, 0.717) is 44.0 Å². The van der Waals surface area contributed by atoms with Crippen LogP contribution in [-0.4, -0.2) is 53.2 Å². The lowest BCUT2D eigenvalue weighted by atomic mass is 10.2. The van der Waals surface area contributed by atoms with E-state index >= 15 is 0 Å². The molecule has 0 aliphatic heterocycles. The number of sulfonamides is 1. The summed E-state index contributed by atoms with van der Waals surface area (Å²) in [4.78, 5) is 0.246. The van der Waals surface area contributed by atoms with Crippen molar-refractivity contribution in [2.45, 2.75) is 18.2 Å². The van der Waals surface area contributed by atoms with Crippen LogP contribution < -0.4 is 5.73 Å². The molecule has 0 amide bonds. The molecule has 1 rings (SSSR count). The molecule has 2 N–H and O–H groups in total. The lowest BCUT2D eigenvalue weighted by Gasteiger charge is -2.23. The van der Waals surface area contributed by atoms with Crippen molar-refractivity contribution < 1.29 is 17.9 Å². The van der Waals surface area contributed by atoms with Gasteiger partial charge < -0.3 is 15.2 Å². The van der Waals surface area contributed by atoms with Gasteiger partial charge in [-0.3, -0.25) is 0 Å². The van der Waals surface area contributed by atoms with Crippen LogP contribution in [0, 0.1) is 6.92 Å². The number of nitrogens with two attached hydrogens (primary N) is 1. The van der Waals surface area contributed by atoms with Gasteiger partial charge in [0.25, 0.3) is 0 Å². The number of anilines is 1. The SMILES string of the molecule is COCCCN(CCOC)S(=O)(=O)c1cccc(N)c1C. The van der Waals surface area contributed by atoms with Gasteiger partial charge in [0, 0.05) is 39.6 Å². The highest BCUT2D eigenvalue weighted by atomic mass is 32.2. The van der Waals surface area contributed by atoms with Gasteiger partial charge in [-0.05, 0) is 31.0 Å². The minimum absolute atomic E-state index is 0.246. The van der Waals surface area contributed by atoms with E-state index in [4.69, 9.17) is 15.2 Å². The van der Waals surface area contributed by atoms with Crippen LogP contribution in [0.2, 0.25) is 0 Å². The molecular weight excluding hydrogens is 292 g/mol. The molecule has 0 saturated carbocycles. The van der Waals surface area contributed by atoms with E-state index in [-0.39, 0.29) is 4.90 Å². The standard InChI is InChI=1S/C14H24N2O4S/c1-12-13(15)6-4-7-14(12)21(17,18)16(9-11-20-3)8-5-10-19-2/h4,6-7H,5,8-11,15H2,1-3H3. The summed E-state index contributed by atoms with van der Waals surface area (Å²) in [7, 11) is -0.449. The molecule has 0 spiro atoms. The summed E-state index contributed by atoms with van der Waals surface area (Å²) in [5, 5.41) is 0. The van der Waals surface area contributed by atoms with Crippen LogP contribution in [0.1, 0.15) is 12.0 Å². The Labute approximate surface area is 126 Å². The van der Waals surface area contributed by atoms with Gasteiger partial charge in [-0.2, -0.15) is 4.31 Å². The summed E-state index contributed by atoms with van der Waals surface area (Å²) in [5.41, 5.74) is 6.86. The maximum Gasteiger partial charge on any atom is 0.243 e. The Bertz CT molecular complexity index is 546. The van der Waals surface area contributed by atoms with Gasteiger partial charge in [0.05, 0.1) is 11.5 Å². The van der Waals surface area contributed by atoms with Gasteiger partial charge in [-0.1, -0.05) is 6.07 Å². The number of nitrogens with zero attached hydrogens (tertiary/aromatic N) is 1. The molecule has 0 bridgehead atoms. The van der Waals surface area contributed by atoms with Crippen LogP contribution in [0.5, 0.6) is 0 Å². The fourth-order valence-electron chi connectivity index (χ4n) is 1.98. The van der Waals surface area contributed by atoms with E-state index in [1.807, 2.05) is 0 Å². The van der Waals surface area contributed by atoms with Gasteiger partial charge in [0.15, 0.2) is 0 Å². The van der Waals surface area contributed by atoms with E-state index in [9.17, 15) is 8.42 Å². The third kappa shape index (κ3) is 4.67. The van der Waals surface area contributed by atoms with Crippen molar-refractivity contribution in [1.29, 1.82) is 0 Å². The molecule has 1 aromatic carbocycles. The van der Waals surface area contributed by atoms with Crippen molar-refractivity contribution in [2.75, 3.05) is 46.3 Å². The fraction of sp³-hybridized carbons (Fsp3) is 0.571. The third-order valence-corrected chi connectivity index (χ3v) is 5.29. The molecule has 7 heteroatoms. The molecule has 0 radical (unpaired) electrons. The molecule has 0 fully saturated rings. The lowest BCUT2D eigenvalue weighted by Crippen LogP contribution is -2.35. The molecule has 0 heterocycles. The Morgan fingerprint density at radius 3 is 2.43 bits per heavy atom. The first-order chi connectivity index (χ1) is 9.95. The monoisotopic (exact) mass is 316 g/mol. The quantitative estimate of drug-likeness (QED) is 0.548. The van der Waals surface area contributed by atoms with Crippen LogP contribution in [0.3, 0.4) is 0 Å². The van der Waals surface area contributed by atoms with Crippen LogP contribution in [0.25, 0.3) is 0 Å². The summed E-state index contributed by atoms with van der Waals surface area (Å²) >= 11 is 0. The minimum atomic E-state index is -3.59. The number of hydrogen-bond donors (Lipinski definition) is 1. The van der Waals surface area contributed by atoms with Gasteiger partial charge in [0.2, 0.25) is 10.0 Å². The molecular formula is C14H24N2O4S. The van der Waals surface area contributed by atoms with Gasteiger partial charge >= 0.3 is 0 Å². The van der Waals surface area contributed by atoms with Crippen molar-refractivity contribution >= 4 is 15.7 Å². The van der Waals surface area contributed by atoms with E-state index in [2.05, 4.69) is 0 Å². The molecule has 0 atom stereocenters. The zero-order valence-electron chi connectivity index (χ0n) is 12.8. The van der Waals surface area contributed by atoms with Crippen molar-refractivity contribution in [3.05, 3.63) is 23.8 Å². The van der Waals surface area contributed by atoms with E-state index in [1.54, 1.807) is 39.3 Å². The van der Waals surface area contributed by atoms with Crippen LogP contribution in [0.4, 0.5) is 5.69 Å². The maximum atomic E-state index is 12.8. The molecule has 0 saturated heterocycles. The highest BCUT2D eigenvalue weighted by molar-refractivity contribution is 7.89. The Morgan fingerprint density at radius 2 is 1.81 bits per heavy atom. The lowest BCUT2D eigenvalue weighted by molar-refractivity contribution is 0.164. The molecule has 0 aliphatic carbocycles. The number of nitrogen functional groups attached to an aromatic ring is 1. The molecule has 6 nitrogen and oxygen atoms in total. The zero-order chi connectivity index (χ0) is 15.9. The predicted molar refractivity (Wildman–Crippen MR) is 82.7 cm³/mol. The largest absolute Gasteiger partial charge is 0.398 e. The fourth-order valence-corrected chi connectivity index (χ4v) is 3.70. The molecule has 1 aromatic rings. The maximum absolute atomic E-state index is 12.8. The Morgan fingerprint density at radius 1 is 1.14 bits per heavy atom. The van der Waals surface area contributed by atoms with Crippen molar-refractivity contribution in [3.63, 3.8) is 0 Å². The second kappa shape index (κ2) is 8.33. The first kappa shape index (κ1) is 17.9. The summed E-state index contributed by atoms with van der Waals surface area (Å²) in [6.45, 7) is 3.25. The highest BCUT2D eigenvalue weighted by Crippen LogP contribution is 2.24. The molecule has 0 aliphatic rings. The Kier molecular flexibility index (Phi) is 7.10. The summed E-state index contributed by atoms with van der Waals surface area (Å²) in [6, 6.07) is 4.93. The summed E-state index contributed by atoms with van der Waals surface area (Å²) in [5.74, 6) is 0. The smallest absolute Gasteiger partial charge is 0.243 e. The number of ether oxygens (including phenoxy) is 2. The number of hydrogen-bond acceptors (Lipinski definition) is 5. The van der Waals surface area contributed by atoms with Crippen molar-refractivity contribution in [3.8, 4) is 0 Å². The predicted octanol–water partition coefficient (Wildman–Crippen LogP) is 1.25. The van der Waals surface area contributed by atoms with Crippen molar-refractivity contribution in [1.82, 2.24) is 4.31 Å². The average molecular weight is 316 g/mol. The van der Waals surface area contributed by atoms with E-state index < -0.39 is 10.0 Å². The molecule has 120 valence electrons. The average Bonchev–Trinajstić information content (AvgIpc) is 2.45. The number of rotatable bonds is 9. The topological polar surface area (TPSA) is 81.9 Å². The van der Waals surface area contributed by atoms with Gasteiger partial charge in [-0.25, -0.2) is 8.42 Å². The summed E-state index contributed by atoms with van der Waals surface area (Å²) in [6.07, 6.45) is 0.626. The summed E-state index contributed by atoms with van der Waals surface area (Å²) < 4.78 is 37.0.